The molecule has 0 amide bonds. The molecule has 0 saturated carbocycles. The summed E-state index contributed by atoms with van der Waals surface area (Å²) in [5.74, 6) is 0.854. The third kappa shape index (κ3) is 5.55. The molecule has 1 atom stereocenters. The van der Waals surface area contributed by atoms with Gasteiger partial charge in [-0.1, -0.05) is 24.8 Å². The lowest BCUT2D eigenvalue weighted by Crippen LogP contribution is -2.27. The van der Waals surface area contributed by atoms with Gasteiger partial charge in [0.2, 0.25) is 0 Å². The van der Waals surface area contributed by atoms with E-state index in [0.29, 0.717) is 6.61 Å². The summed E-state index contributed by atoms with van der Waals surface area (Å²) >= 11 is 0. The lowest BCUT2D eigenvalue weighted by Gasteiger charge is -2.23. The number of hydrogen-bond acceptors (Lipinski definition) is 2. The molecule has 1 rings (SSSR count). The summed E-state index contributed by atoms with van der Waals surface area (Å²) in [6.07, 6.45) is 1.85. The second-order valence-electron chi connectivity index (χ2n) is 5.13. The molecule has 0 bridgehead atoms. The summed E-state index contributed by atoms with van der Waals surface area (Å²) in [6, 6.07) is 7.88. The van der Waals surface area contributed by atoms with Crippen molar-refractivity contribution in [2.75, 3.05) is 6.61 Å². The Morgan fingerprint density at radius 3 is 2.65 bits per heavy atom. The third-order valence-corrected chi connectivity index (χ3v) is 2.18. The van der Waals surface area contributed by atoms with E-state index >= 15 is 0 Å². The van der Waals surface area contributed by atoms with E-state index in [9.17, 15) is 0 Å². The molecule has 1 aromatic rings. The van der Waals surface area contributed by atoms with Crippen LogP contribution < -0.4 is 4.74 Å². The van der Waals surface area contributed by atoms with Gasteiger partial charge in [-0.05, 0) is 45.4 Å². The van der Waals surface area contributed by atoms with E-state index in [4.69, 9.17) is 9.47 Å². The molecule has 0 aliphatic heterocycles. The number of benzene rings is 1. The molecule has 2 nitrogen and oxygen atoms in total. The molecule has 0 aliphatic carbocycles. The Morgan fingerprint density at radius 1 is 1.35 bits per heavy atom. The van der Waals surface area contributed by atoms with Gasteiger partial charge in [0, 0.05) is 0 Å². The van der Waals surface area contributed by atoms with Crippen molar-refractivity contribution in [2.45, 2.75) is 39.4 Å². The minimum absolute atomic E-state index is 0.0364. The highest BCUT2D eigenvalue weighted by atomic mass is 16.5. The largest absolute Gasteiger partial charge is 0.488 e. The maximum atomic E-state index is 5.78. The van der Waals surface area contributed by atoms with Crippen LogP contribution in [0.15, 0.2) is 30.8 Å². The maximum absolute atomic E-state index is 5.78. The van der Waals surface area contributed by atoms with Crippen molar-refractivity contribution in [1.29, 1.82) is 0 Å². The molecule has 0 aromatic heterocycles. The lowest BCUT2D eigenvalue weighted by molar-refractivity contribution is -0.0374. The van der Waals surface area contributed by atoms with Crippen LogP contribution >= 0.6 is 0 Å². The van der Waals surface area contributed by atoms with Crippen molar-refractivity contribution in [3.05, 3.63) is 36.4 Å². The summed E-state index contributed by atoms with van der Waals surface area (Å²) in [5, 5.41) is 0. The summed E-state index contributed by atoms with van der Waals surface area (Å²) in [4.78, 5) is 0. The Hall–Kier alpha value is -1.28. The monoisotopic (exact) mass is 234 g/mol. The number of hydrogen-bond donors (Lipinski definition) is 0. The molecule has 2 heteroatoms. The molecule has 0 heterocycles. The first-order valence-electron chi connectivity index (χ1n) is 5.94. The van der Waals surface area contributed by atoms with Crippen molar-refractivity contribution >= 4 is 6.08 Å². The predicted molar refractivity (Wildman–Crippen MR) is 72.3 cm³/mol. The van der Waals surface area contributed by atoms with Crippen LogP contribution in [0, 0.1) is 0 Å². The molecular formula is C15H22O2. The smallest absolute Gasteiger partial charge is 0.120 e. The first-order chi connectivity index (χ1) is 7.90. The van der Waals surface area contributed by atoms with E-state index in [2.05, 4.69) is 6.58 Å². The first kappa shape index (κ1) is 13.8. The van der Waals surface area contributed by atoms with Gasteiger partial charge >= 0.3 is 0 Å². The second-order valence-corrected chi connectivity index (χ2v) is 5.13. The Labute approximate surface area is 104 Å². The minimum atomic E-state index is -0.124. The minimum Gasteiger partial charge on any atom is -0.488 e. The average Bonchev–Trinajstić information content (AvgIpc) is 2.26. The SMILES string of the molecule is C=Cc1cccc(OC(C)COC(C)(C)C)c1. The quantitative estimate of drug-likeness (QED) is 0.769. The lowest BCUT2D eigenvalue weighted by atomic mass is 10.2. The zero-order valence-electron chi connectivity index (χ0n) is 11.2. The van der Waals surface area contributed by atoms with E-state index in [1.165, 1.54) is 0 Å². The molecule has 0 aliphatic rings. The van der Waals surface area contributed by atoms with Gasteiger partial charge in [0.1, 0.15) is 11.9 Å². The van der Waals surface area contributed by atoms with Crippen molar-refractivity contribution < 1.29 is 9.47 Å². The van der Waals surface area contributed by atoms with Crippen molar-refractivity contribution in [3.63, 3.8) is 0 Å². The Balaban J connectivity index is 2.50. The van der Waals surface area contributed by atoms with Crippen LogP contribution in [0.5, 0.6) is 5.75 Å². The molecule has 1 unspecified atom stereocenters. The van der Waals surface area contributed by atoms with Gasteiger partial charge in [0.25, 0.3) is 0 Å². The van der Waals surface area contributed by atoms with Crippen LogP contribution in [0.25, 0.3) is 6.08 Å². The van der Waals surface area contributed by atoms with Gasteiger partial charge in [-0.2, -0.15) is 0 Å². The van der Waals surface area contributed by atoms with Crippen LogP contribution in [-0.2, 0) is 4.74 Å². The zero-order chi connectivity index (χ0) is 12.9. The van der Waals surface area contributed by atoms with E-state index in [0.717, 1.165) is 11.3 Å². The molecule has 17 heavy (non-hydrogen) atoms. The fraction of sp³-hybridized carbons (Fsp3) is 0.467. The molecule has 94 valence electrons. The zero-order valence-corrected chi connectivity index (χ0v) is 11.2. The van der Waals surface area contributed by atoms with E-state index < -0.39 is 0 Å². The highest BCUT2D eigenvalue weighted by Gasteiger charge is 2.13. The molecule has 0 saturated heterocycles. The molecule has 0 fully saturated rings. The average molecular weight is 234 g/mol. The number of ether oxygens (including phenoxy) is 2. The first-order valence-corrected chi connectivity index (χ1v) is 5.94. The molecule has 1 aromatic carbocycles. The van der Waals surface area contributed by atoms with Gasteiger partial charge in [-0.3, -0.25) is 0 Å². The van der Waals surface area contributed by atoms with Crippen LogP contribution in [-0.4, -0.2) is 18.3 Å². The highest BCUT2D eigenvalue weighted by Crippen LogP contribution is 2.16. The van der Waals surface area contributed by atoms with Gasteiger partial charge in [-0.15, -0.1) is 0 Å². The van der Waals surface area contributed by atoms with Crippen molar-refractivity contribution in [1.82, 2.24) is 0 Å². The van der Waals surface area contributed by atoms with Crippen LogP contribution in [0.3, 0.4) is 0 Å². The van der Waals surface area contributed by atoms with Crippen molar-refractivity contribution in [2.24, 2.45) is 0 Å². The fourth-order valence-corrected chi connectivity index (χ4v) is 1.35. The van der Waals surface area contributed by atoms with E-state index in [1.54, 1.807) is 0 Å². The maximum Gasteiger partial charge on any atom is 0.120 e. The fourth-order valence-electron chi connectivity index (χ4n) is 1.35. The van der Waals surface area contributed by atoms with Crippen LogP contribution in [0.2, 0.25) is 0 Å². The van der Waals surface area contributed by atoms with Crippen LogP contribution in [0.1, 0.15) is 33.3 Å². The molecule has 0 radical (unpaired) electrons. The predicted octanol–water partition coefficient (Wildman–Crippen LogP) is 3.91. The number of rotatable bonds is 5. The Kier molecular flexibility index (Phi) is 4.76. The highest BCUT2D eigenvalue weighted by molar-refractivity contribution is 5.49. The van der Waals surface area contributed by atoms with Gasteiger partial charge in [0.15, 0.2) is 0 Å². The summed E-state index contributed by atoms with van der Waals surface area (Å²) in [5.41, 5.74) is 0.937. The summed E-state index contributed by atoms with van der Waals surface area (Å²) in [6.45, 7) is 12.5. The van der Waals surface area contributed by atoms with E-state index in [-0.39, 0.29) is 11.7 Å². The van der Waals surface area contributed by atoms with Crippen LogP contribution in [0.4, 0.5) is 0 Å². The normalized spacial score (nSPS) is 13.2. The topological polar surface area (TPSA) is 18.5 Å². The second kappa shape index (κ2) is 5.87. The van der Waals surface area contributed by atoms with Gasteiger partial charge in [0.05, 0.1) is 12.2 Å². The summed E-state index contributed by atoms with van der Waals surface area (Å²) in [7, 11) is 0. The van der Waals surface area contributed by atoms with Gasteiger partial charge < -0.3 is 9.47 Å². The Morgan fingerprint density at radius 2 is 2.06 bits per heavy atom. The molecular weight excluding hydrogens is 212 g/mol. The third-order valence-electron chi connectivity index (χ3n) is 2.18. The summed E-state index contributed by atoms with van der Waals surface area (Å²) < 4.78 is 11.5. The molecule has 0 N–H and O–H groups in total. The van der Waals surface area contributed by atoms with E-state index in [1.807, 2.05) is 58.0 Å². The van der Waals surface area contributed by atoms with Gasteiger partial charge in [-0.25, -0.2) is 0 Å². The standard InChI is InChI=1S/C15H22O2/c1-6-13-8-7-9-14(10-13)17-12(2)11-16-15(3,4)5/h6-10,12H,1,11H2,2-5H3. The Bertz CT molecular complexity index is 363. The molecule has 0 spiro atoms. The van der Waals surface area contributed by atoms with Crippen molar-refractivity contribution in [3.8, 4) is 5.75 Å².